The minimum Gasteiger partial charge on any atom is -0.481 e. The molecule has 100 valence electrons. The number of aromatic amines is 1. The summed E-state index contributed by atoms with van der Waals surface area (Å²) in [4.78, 5) is 24.4. The second-order valence-corrected chi connectivity index (χ2v) is 4.48. The van der Waals surface area contributed by atoms with Crippen LogP contribution in [-0.2, 0) is 4.79 Å². The lowest BCUT2D eigenvalue weighted by Crippen LogP contribution is -2.36. The van der Waals surface area contributed by atoms with Gasteiger partial charge in [-0.25, -0.2) is 0 Å². The maximum Gasteiger partial charge on any atom is 0.305 e. The molecule has 6 nitrogen and oxygen atoms in total. The van der Waals surface area contributed by atoms with E-state index >= 15 is 0 Å². The number of fused-ring (bicyclic) bond motifs is 1. The average molecular weight is 261 g/mol. The van der Waals surface area contributed by atoms with Gasteiger partial charge in [0.1, 0.15) is 0 Å². The van der Waals surface area contributed by atoms with Crippen LogP contribution in [0.3, 0.4) is 0 Å². The van der Waals surface area contributed by atoms with Gasteiger partial charge in [0.15, 0.2) is 5.69 Å². The minimum atomic E-state index is -0.931. The van der Waals surface area contributed by atoms with E-state index in [1.165, 1.54) is 4.90 Å². The van der Waals surface area contributed by atoms with Crippen LogP contribution in [0.15, 0.2) is 24.3 Å². The fourth-order valence-electron chi connectivity index (χ4n) is 1.88. The zero-order valence-electron chi connectivity index (χ0n) is 10.8. The first-order chi connectivity index (χ1) is 9.00. The van der Waals surface area contributed by atoms with E-state index in [2.05, 4.69) is 10.2 Å². The van der Waals surface area contributed by atoms with E-state index in [1.807, 2.05) is 24.3 Å². The highest BCUT2D eigenvalue weighted by Crippen LogP contribution is 2.17. The Hall–Kier alpha value is -2.37. The van der Waals surface area contributed by atoms with Crippen molar-refractivity contribution < 1.29 is 14.7 Å². The first-order valence-corrected chi connectivity index (χ1v) is 5.92. The maximum atomic E-state index is 12.3. The van der Waals surface area contributed by atoms with Gasteiger partial charge >= 0.3 is 5.97 Å². The van der Waals surface area contributed by atoms with Gasteiger partial charge in [0.05, 0.1) is 11.9 Å². The van der Waals surface area contributed by atoms with Gasteiger partial charge in [0.25, 0.3) is 5.91 Å². The predicted octanol–water partition coefficient (Wildman–Crippen LogP) is 1.50. The number of aliphatic carboxylic acids is 1. The Labute approximate surface area is 110 Å². The number of carboxylic acid groups (broad SMARTS) is 1. The molecule has 0 saturated heterocycles. The molecular formula is C13H15N3O3. The molecule has 0 radical (unpaired) electrons. The lowest BCUT2D eigenvalue weighted by atomic mass is 10.1. The Morgan fingerprint density at radius 2 is 2.11 bits per heavy atom. The Morgan fingerprint density at radius 1 is 1.42 bits per heavy atom. The maximum absolute atomic E-state index is 12.3. The van der Waals surface area contributed by atoms with Crippen molar-refractivity contribution in [3.63, 3.8) is 0 Å². The quantitative estimate of drug-likeness (QED) is 0.873. The van der Waals surface area contributed by atoms with Gasteiger partial charge in [-0.05, 0) is 13.0 Å². The normalized spacial score (nSPS) is 12.3. The highest BCUT2D eigenvalue weighted by Gasteiger charge is 2.23. The van der Waals surface area contributed by atoms with Gasteiger partial charge in [-0.3, -0.25) is 14.7 Å². The third-order valence-electron chi connectivity index (χ3n) is 3.12. The Balaban J connectivity index is 2.26. The number of nitrogens with zero attached hydrogens (tertiary/aromatic N) is 2. The van der Waals surface area contributed by atoms with E-state index in [0.717, 1.165) is 10.9 Å². The molecule has 2 aromatic rings. The molecule has 1 aromatic heterocycles. The van der Waals surface area contributed by atoms with Crippen LogP contribution in [0.1, 0.15) is 23.8 Å². The molecule has 19 heavy (non-hydrogen) atoms. The summed E-state index contributed by atoms with van der Waals surface area (Å²) in [5, 5.41) is 16.3. The van der Waals surface area contributed by atoms with Crippen LogP contribution in [0, 0.1) is 0 Å². The Morgan fingerprint density at radius 3 is 2.79 bits per heavy atom. The highest BCUT2D eigenvalue weighted by molar-refractivity contribution is 6.04. The van der Waals surface area contributed by atoms with Gasteiger partial charge in [-0.15, -0.1) is 0 Å². The summed E-state index contributed by atoms with van der Waals surface area (Å²) in [6.45, 7) is 1.70. The van der Waals surface area contributed by atoms with Gasteiger partial charge in [-0.2, -0.15) is 5.10 Å². The summed E-state index contributed by atoms with van der Waals surface area (Å²) in [5.41, 5.74) is 1.10. The van der Waals surface area contributed by atoms with Gasteiger partial charge < -0.3 is 10.0 Å². The molecule has 2 rings (SSSR count). The molecule has 2 N–H and O–H groups in total. The molecule has 1 amide bonds. The molecule has 0 aliphatic rings. The summed E-state index contributed by atoms with van der Waals surface area (Å²) in [6, 6.07) is 6.93. The van der Waals surface area contributed by atoms with Crippen LogP contribution in [-0.4, -0.2) is 45.2 Å². The van der Waals surface area contributed by atoms with E-state index in [9.17, 15) is 9.59 Å². The predicted molar refractivity (Wildman–Crippen MR) is 69.9 cm³/mol. The van der Waals surface area contributed by atoms with Gasteiger partial charge in [0.2, 0.25) is 0 Å². The van der Waals surface area contributed by atoms with Crippen molar-refractivity contribution in [2.45, 2.75) is 19.4 Å². The van der Waals surface area contributed by atoms with Crippen molar-refractivity contribution in [3.8, 4) is 0 Å². The van der Waals surface area contributed by atoms with Gasteiger partial charge in [0, 0.05) is 18.5 Å². The Kier molecular flexibility index (Phi) is 3.50. The van der Waals surface area contributed by atoms with Crippen molar-refractivity contribution in [2.24, 2.45) is 0 Å². The summed E-state index contributed by atoms with van der Waals surface area (Å²) in [5.74, 6) is -1.22. The van der Waals surface area contributed by atoms with E-state index in [0.29, 0.717) is 5.69 Å². The lowest BCUT2D eigenvalue weighted by Gasteiger charge is -2.22. The van der Waals surface area contributed by atoms with E-state index in [1.54, 1.807) is 14.0 Å². The van der Waals surface area contributed by atoms with E-state index in [4.69, 9.17) is 5.11 Å². The molecule has 1 unspecified atom stereocenters. The van der Waals surface area contributed by atoms with Crippen LogP contribution in [0.2, 0.25) is 0 Å². The first kappa shape index (κ1) is 13.1. The van der Waals surface area contributed by atoms with E-state index < -0.39 is 5.97 Å². The van der Waals surface area contributed by atoms with Crippen molar-refractivity contribution in [1.82, 2.24) is 15.1 Å². The van der Waals surface area contributed by atoms with Crippen LogP contribution in [0.25, 0.3) is 10.9 Å². The molecule has 1 aromatic carbocycles. The standard InChI is InChI=1S/C13H15N3O3/c1-8(7-11(17)18)16(2)13(19)12-9-5-3-4-6-10(9)14-15-12/h3-6,8H,7H2,1-2H3,(H,14,15)(H,17,18). The second kappa shape index (κ2) is 5.09. The van der Waals surface area contributed by atoms with Gasteiger partial charge in [-0.1, -0.05) is 18.2 Å². The number of hydrogen-bond donors (Lipinski definition) is 2. The smallest absolute Gasteiger partial charge is 0.305 e. The Bertz CT molecular complexity index is 620. The number of nitrogens with one attached hydrogen (secondary N) is 1. The zero-order valence-corrected chi connectivity index (χ0v) is 10.8. The van der Waals surface area contributed by atoms with Crippen molar-refractivity contribution in [1.29, 1.82) is 0 Å². The molecule has 1 heterocycles. The molecule has 0 aliphatic heterocycles. The molecule has 0 fully saturated rings. The van der Waals surface area contributed by atoms with Crippen molar-refractivity contribution in [3.05, 3.63) is 30.0 Å². The number of hydrogen-bond acceptors (Lipinski definition) is 3. The summed E-state index contributed by atoms with van der Waals surface area (Å²) in [7, 11) is 1.58. The average Bonchev–Trinajstić information content (AvgIpc) is 2.80. The minimum absolute atomic E-state index is 0.0927. The fraction of sp³-hybridized carbons (Fsp3) is 0.308. The van der Waals surface area contributed by atoms with Crippen molar-refractivity contribution in [2.75, 3.05) is 7.05 Å². The van der Waals surface area contributed by atoms with Crippen LogP contribution < -0.4 is 0 Å². The third-order valence-corrected chi connectivity index (χ3v) is 3.12. The monoisotopic (exact) mass is 261 g/mol. The van der Waals surface area contributed by atoms with Crippen LogP contribution in [0.5, 0.6) is 0 Å². The zero-order chi connectivity index (χ0) is 14.0. The number of H-pyrrole nitrogens is 1. The third kappa shape index (κ3) is 2.57. The summed E-state index contributed by atoms with van der Waals surface area (Å²) in [6.07, 6.45) is -0.0927. The number of carbonyl (C=O) groups excluding carboxylic acids is 1. The number of benzene rings is 1. The molecule has 6 heteroatoms. The molecule has 0 bridgehead atoms. The van der Waals surface area contributed by atoms with Crippen LogP contribution in [0.4, 0.5) is 0 Å². The topological polar surface area (TPSA) is 86.3 Å². The highest BCUT2D eigenvalue weighted by atomic mass is 16.4. The summed E-state index contributed by atoms with van der Waals surface area (Å²) < 4.78 is 0. The van der Waals surface area contributed by atoms with Crippen molar-refractivity contribution >= 4 is 22.8 Å². The number of amides is 1. The molecule has 0 spiro atoms. The number of carboxylic acids is 1. The largest absolute Gasteiger partial charge is 0.481 e. The number of para-hydroxylation sites is 1. The molecular weight excluding hydrogens is 246 g/mol. The number of rotatable bonds is 4. The molecule has 0 aliphatic carbocycles. The number of carbonyl (C=O) groups is 2. The lowest BCUT2D eigenvalue weighted by molar-refractivity contribution is -0.137. The number of aromatic nitrogens is 2. The molecule has 0 saturated carbocycles. The van der Waals surface area contributed by atoms with E-state index in [-0.39, 0.29) is 18.4 Å². The first-order valence-electron chi connectivity index (χ1n) is 5.92. The second-order valence-electron chi connectivity index (χ2n) is 4.48. The fourth-order valence-corrected chi connectivity index (χ4v) is 1.88. The molecule has 1 atom stereocenters. The summed E-state index contributed by atoms with van der Waals surface area (Å²) >= 11 is 0. The van der Waals surface area contributed by atoms with Crippen LogP contribution >= 0.6 is 0 Å². The SMILES string of the molecule is CC(CC(=O)O)N(C)C(=O)c1n[nH]c2ccccc12.